The van der Waals surface area contributed by atoms with Crippen LogP contribution >= 0.6 is 12.2 Å². The van der Waals surface area contributed by atoms with E-state index in [2.05, 4.69) is 16.4 Å². The highest BCUT2D eigenvalue weighted by molar-refractivity contribution is 7.91. The highest BCUT2D eigenvalue weighted by Gasteiger charge is 2.33. The fourth-order valence-electron chi connectivity index (χ4n) is 3.32. The third-order valence-electron chi connectivity index (χ3n) is 4.46. The summed E-state index contributed by atoms with van der Waals surface area (Å²) < 4.78 is 23.9. The maximum Gasteiger partial charge on any atom is 0.174 e. The van der Waals surface area contributed by atoms with Gasteiger partial charge < -0.3 is 10.2 Å². The van der Waals surface area contributed by atoms with Crippen LogP contribution in [-0.2, 0) is 16.4 Å². The van der Waals surface area contributed by atoms with Gasteiger partial charge in [0.2, 0.25) is 0 Å². The van der Waals surface area contributed by atoms with E-state index in [4.69, 9.17) is 12.2 Å². The van der Waals surface area contributed by atoms with Crippen LogP contribution in [0.4, 0.5) is 5.69 Å². The average molecular weight is 390 g/mol. The molecule has 0 amide bonds. The van der Waals surface area contributed by atoms with Crippen molar-refractivity contribution in [3.05, 3.63) is 59.4 Å². The Hall–Kier alpha value is -1.99. The van der Waals surface area contributed by atoms with Crippen LogP contribution < -0.4 is 5.32 Å². The minimum Gasteiger partial charge on any atom is -0.341 e. The number of anilines is 1. The van der Waals surface area contributed by atoms with Gasteiger partial charge in [-0.3, -0.25) is 4.98 Å². The first-order chi connectivity index (χ1) is 12.3. The zero-order valence-electron chi connectivity index (χ0n) is 15.0. The molecule has 7 heteroatoms. The van der Waals surface area contributed by atoms with Crippen molar-refractivity contribution in [3.63, 3.8) is 0 Å². The number of aryl methyl sites for hydroxylation is 2. The smallest absolute Gasteiger partial charge is 0.174 e. The Kier molecular flexibility index (Phi) is 5.58. The zero-order chi connectivity index (χ0) is 18.7. The summed E-state index contributed by atoms with van der Waals surface area (Å²) in [5.41, 5.74) is 4.22. The number of sulfone groups is 1. The molecule has 1 N–H and O–H groups in total. The van der Waals surface area contributed by atoms with Gasteiger partial charge in [-0.1, -0.05) is 12.1 Å². The van der Waals surface area contributed by atoms with E-state index in [1.54, 1.807) is 12.4 Å². The van der Waals surface area contributed by atoms with Gasteiger partial charge in [-0.2, -0.15) is 0 Å². The van der Waals surface area contributed by atoms with Crippen molar-refractivity contribution in [2.24, 2.45) is 0 Å². The molecule has 0 saturated carbocycles. The lowest BCUT2D eigenvalue weighted by atomic mass is 10.1. The standard InChI is InChI=1S/C19H23N3O2S2/c1-14-8-15(2)10-17(9-14)21-19(25)22(12-16-4-3-6-20-11-16)18-5-7-26(23,24)13-18/h3-4,6,8-11,18H,5,7,12-13H2,1-2H3,(H,21,25)/t18-/m1/s1. The second-order valence-electron chi connectivity index (χ2n) is 6.85. The van der Waals surface area contributed by atoms with Gasteiger partial charge >= 0.3 is 0 Å². The summed E-state index contributed by atoms with van der Waals surface area (Å²) in [6.07, 6.45) is 4.10. The van der Waals surface area contributed by atoms with Crippen molar-refractivity contribution in [1.82, 2.24) is 9.88 Å². The summed E-state index contributed by atoms with van der Waals surface area (Å²) in [6, 6.07) is 9.90. The van der Waals surface area contributed by atoms with Crippen molar-refractivity contribution in [2.45, 2.75) is 32.9 Å². The van der Waals surface area contributed by atoms with E-state index in [0.717, 1.165) is 22.4 Å². The first-order valence-electron chi connectivity index (χ1n) is 8.58. The Balaban J connectivity index is 1.83. The molecule has 5 nitrogen and oxygen atoms in total. The predicted octanol–water partition coefficient (Wildman–Crippen LogP) is 3.08. The van der Waals surface area contributed by atoms with Crippen LogP contribution in [0, 0.1) is 13.8 Å². The molecular weight excluding hydrogens is 366 g/mol. The molecule has 1 aliphatic heterocycles. The fourth-order valence-corrected chi connectivity index (χ4v) is 5.38. The van der Waals surface area contributed by atoms with Gasteiger partial charge in [0, 0.05) is 30.7 Å². The minimum absolute atomic E-state index is 0.119. The molecule has 1 atom stereocenters. The van der Waals surface area contributed by atoms with Gasteiger partial charge in [-0.15, -0.1) is 0 Å². The Morgan fingerprint density at radius 2 is 2.04 bits per heavy atom. The van der Waals surface area contributed by atoms with Gasteiger partial charge in [-0.25, -0.2) is 8.42 Å². The number of benzene rings is 1. The van der Waals surface area contributed by atoms with Crippen LogP contribution in [0.15, 0.2) is 42.7 Å². The Bertz CT molecular complexity index is 878. The molecule has 0 unspecified atom stereocenters. The van der Waals surface area contributed by atoms with Crippen LogP contribution in [0.1, 0.15) is 23.1 Å². The normalized spacial score (nSPS) is 18.5. The third kappa shape index (κ3) is 4.80. The molecule has 0 spiro atoms. The van der Waals surface area contributed by atoms with Gasteiger partial charge in [0.1, 0.15) is 0 Å². The third-order valence-corrected chi connectivity index (χ3v) is 6.55. The molecule has 3 rings (SSSR count). The summed E-state index contributed by atoms with van der Waals surface area (Å²) >= 11 is 5.65. The summed E-state index contributed by atoms with van der Waals surface area (Å²) in [5, 5.41) is 3.83. The van der Waals surface area contributed by atoms with Gasteiger partial charge in [0.15, 0.2) is 14.9 Å². The molecule has 1 aromatic carbocycles. The molecule has 2 aromatic rings. The molecule has 0 radical (unpaired) electrons. The number of hydrogen-bond donors (Lipinski definition) is 1. The minimum atomic E-state index is -3.00. The first-order valence-corrected chi connectivity index (χ1v) is 10.8. The Morgan fingerprint density at radius 1 is 1.31 bits per heavy atom. The number of aromatic nitrogens is 1. The summed E-state index contributed by atoms with van der Waals surface area (Å²) in [5.74, 6) is 0.356. The second kappa shape index (κ2) is 7.72. The maximum atomic E-state index is 12.0. The molecule has 0 aliphatic carbocycles. The van der Waals surface area contributed by atoms with Crippen LogP contribution in [0.25, 0.3) is 0 Å². The molecule has 138 valence electrons. The lowest BCUT2D eigenvalue weighted by molar-refractivity contribution is 0.332. The number of nitrogens with zero attached hydrogens (tertiary/aromatic N) is 2. The van der Waals surface area contributed by atoms with E-state index in [1.807, 2.05) is 43.0 Å². The number of thiocarbonyl (C=S) groups is 1. The topological polar surface area (TPSA) is 62.3 Å². The van der Waals surface area contributed by atoms with Crippen LogP contribution in [0.5, 0.6) is 0 Å². The van der Waals surface area contributed by atoms with Crippen molar-refractivity contribution < 1.29 is 8.42 Å². The lowest BCUT2D eigenvalue weighted by Gasteiger charge is -2.31. The van der Waals surface area contributed by atoms with E-state index in [-0.39, 0.29) is 17.5 Å². The zero-order valence-corrected chi connectivity index (χ0v) is 16.6. The second-order valence-corrected chi connectivity index (χ2v) is 9.47. The SMILES string of the molecule is Cc1cc(C)cc(NC(=S)N(Cc2cccnc2)[C@@H]2CCS(=O)(=O)C2)c1. The summed E-state index contributed by atoms with van der Waals surface area (Å²) in [4.78, 5) is 6.13. The van der Waals surface area contributed by atoms with Crippen LogP contribution in [0.2, 0.25) is 0 Å². The molecular formula is C19H23N3O2S2. The summed E-state index contributed by atoms with van der Waals surface area (Å²) in [6.45, 7) is 4.61. The average Bonchev–Trinajstić information content (AvgIpc) is 2.92. The monoisotopic (exact) mass is 389 g/mol. The van der Waals surface area contributed by atoms with Crippen molar-refractivity contribution in [2.75, 3.05) is 16.8 Å². The van der Waals surface area contributed by atoms with Crippen molar-refractivity contribution in [3.8, 4) is 0 Å². The number of rotatable bonds is 4. The Morgan fingerprint density at radius 3 is 2.62 bits per heavy atom. The van der Waals surface area contributed by atoms with E-state index in [9.17, 15) is 8.42 Å². The lowest BCUT2D eigenvalue weighted by Crippen LogP contribution is -2.43. The number of hydrogen-bond acceptors (Lipinski definition) is 4. The molecule has 1 saturated heterocycles. The molecule has 1 aliphatic rings. The molecule has 26 heavy (non-hydrogen) atoms. The Labute approximate surface area is 160 Å². The van der Waals surface area contributed by atoms with E-state index in [1.165, 1.54) is 0 Å². The summed E-state index contributed by atoms with van der Waals surface area (Å²) in [7, 11) is -3.00. The van der Waals surface area contributed by atoms with E-state index in [0.29, 0.717) is 18.1 Å². The molecule has 1 aromatic heterocycles. The van der Waals surface area contributed by atoms with Crippen molar-refractivity contribution >= 4 is 32.9 Å². The van der Waals surface area contributed by atoms with Gasteiger partial charge in [0.25, 0.3) is 0 Å². The van der Waals surface area contributed by atoms with Gasteiger partial charge in [0.05, 0.1) is 11.5 Å². The fraction of sp³-hybridized carbons (Fsp3) is 0.368. The van der Waals surface area contributed by atoms with Crippen molar-refractivity contribution in [1.29, 1.82) is 0 Å². The largest absolute Gasteiger partial charge is 0.341 e. The first kappa shape index (κ1) is 18.8. The molecule has 1 fully saturated rings. The van der Waals surface area contributed by atoms with Crippen LogP contribution in [-0.4, -0.2) is 41.0 Å². The number of nitrogens with one attached hydrogen (secondary N) is 1. The maximum absolute atomic E-state index is 12.0. The van der Waals surface area contributed by atoms with E-state index >= 15 is 0 Å². The highest BCUT2D eigenvalue weighted by Crippen LogP contribution is 2.22. The van der Waals surface area contributed by atoms with Crippen LogP contribution in [0.3, 0.4) is 0 Å². The highest BCUT2D eigenvalue weighted by atomic mass is 32.2. The molecule has 0 bridgehead atoms. The predicted molar refractivity (Wildman–Crippen MR) is 109 cm³/mol. The molecule has 2 heterocycles. The van der Waals surface area contributed by atoms with Gasteiger partial charge in [-0.05, 0) is 67.4 Å². The number of pyridine rings is 1. The quantitative estimate of drug-likeness (QED) is 0.811. The van der Waals surface area contributed by atoms with E-state index < -0.39 is 9.84 Å².